The Balaban J connectivity index is 1.80. The van der Waals surface area contributed by atoms with Gasteiger partial charge in [-0.25, -0.2) is 0 Å². The fourth-order valence-electron chi connectivity index (χ4n) is 4.43. The quantitative estimate of drug-likeness (QED) is 0.569. The molecule has 0 radical (unpaired) electrons. The van der Waals surface area contributed by atoms with E-state index in [4.69, 9.17) is 9.47 Å². The summed E-state index contributed by atoms with van der Waals surface area (Å²) in [5, 5.41) is 0. The molecule has 1 heterocycles. The van der Waals surface area contributed by atoms with Crippen LogP contribution in [-0.2, 0) is 9.47 Å². The van der Waals surface area contributed by atoms with Gasteiger partial charge in [-0.1, -0.05) is 25.2 Å². The van der Waals surface area contributed by atoms with Gasteiger partial charge in [-0.05, 0) is 56.4 Å². The lowest BCUT2D eigenvalue weighted by atomic mass is 9.67. The first-order chi connectivity index (χ1) is 9.43. The topological polar surface area (TPSA) is 21.8 Å². The Morgan fingerprint density at radius 2 is 2.20 bits per heavy atom. The first-order valence-electron chi connectivity index (χ1n) is 7.91. The Hall–Kier alpha value is -0.600. The van der Waals surface area contributed by atoms with Crippen molar-refractivity contribution in [1.82, 2.24) is 0 Å². The largest absolute Gasteiger partial charge is 0.377 e. The van der Waals surface area contributed by atoms with Crippen molar-refractivity contribution in [3.05, 3.63) is 23.8 Å². The molecule has 3 rings (SSSR count). The fourth-order valence-corrected chi connectivity index (χ4v) is 4.43. The zero-order chi connectivity index (χ0) is 14.5. The molecule has 1 aliphatic heterocycles. The first-order valence-corrected chi connectivity index (χ1v) is 7.91. The number of rotatable bonds is 4. The molecule has 2 nitrogen and oxygen atoms in total. The van der Waals surface area contributed by atoms with E-state index in [0.717, 1.165) is 25.4 Å². The Bertz CT molecular complexity index is 442. The van der Waals surface area contributed by atoms with Gasteiger partial charge in [-0.3, -0.25) is 0 Å². The van der Waals surface area contributed by atoms with Crippen molar-refractivity contribution in [3.8, 4) is 0 Å². The molecule has 112 valence electrons. The van der Waals surface area contributed by atoms with Crippen LogP contribution in [0.4, 0.5) is 0 Å². The standard InChI is InChI=1S/C18H28O2/c1-12(2)6-7-14-10-17(14,4)16-15(19-5)13(3)8-9-18(16)11-20-18/h6,14-16H,3,7-11H2,1-2,4-5H3/t14-,15+,16+,17-,18-/m0/s1. The maximum Gasteiger partial charge on any atom is 0.0980 e. The van der Waals surface area contributed by atoms with Crippen LogP contribution in [0, 0.1) is 17.3 Å². The lowest BCUT2D eigenvalue weighted by Gasteiger charge is -2.41. The summed E-state index contributed by atoms with van der Waals surface area (Å²) in [5.41, 5.74) is 3.17. The molecule has 0 amide bonds. The van der Waals surface area contributed by atoms with Crippen molar-refractivity contribution in [2.45, 2.75) is 58.2 Å². The third-order valence-corrected chi connectivity index (χ3v) is 5.89. The lowest BCUT2D eigenvalue weighted by Crippen LogP contribution is -2.46. The summed E-state index contributed by atoms with van der Waals surface area (Å²) in [7, 11) is 1.83. The summed E-state index contributed by atoms with van der Waals surface area (Å²) in [6.45, 7) is 12.0. The molecule has 5 atom stereocenters. The smallest absolute Gasteiger partial charge is 0.0980 e. The van der Waals surface area contributed by atoms with Crippen LogP contribution in [0.1, 0.15) is 46.5 Å². The van der Waals surface area contributed by atoms with E-state index in [2.05, 4.69) is 33.4 Å². The summed E-state index contributed by atoms with van der Waals surface area (Å²) in [4.78, 5) is 0. The summed E-state index contributed by atoms with van der Waals surface area (Å²) in [6, 6.07) is 0. The first kappa shape index (κ1) is 14.3. The molecule has 2 heteroatoms. The molecule has 0 bridgehead atoms. The van der Waals surface area contributed by atoms with Gasteiger partial charge >= 0.3 is 0 Å². The molecular formula is C18H28O2. The van der Waals surface area contributed by atoms with Gasteiger partial charge in [0.25, 0.3) is 0 Å². The van der Waals surface area contributed by atoms with E-state index in [0.29, 0.717) is 11.3 Å². The molecule has 1 spiro atoms. The summed E-state index contributed by atoms with van der Waals surface area (Å²) >= 11 is 0. The minimum atomic E-state index is 0.107. The molecule has 3 aliphatic rings. The average Bonchev–Trinajstić information content (AvgIpc) is 3.29. The van der Waals surface area contributed by atoms with Crippen LogP contribution in [0.2, 0.25) is 0 Å². The van der Waals surface area contributed by atoms with Crippen molar-refractivity contribution < 1.29 is 9.47 Å². The van der Waals surface area contributed by atoms with Gasteiger partial charge in [0, 0.05) is 13.0 Å². The zero-order valence-corrected chi connectivity index (χ0v) is 13.4. The van der Waals surface area contributed by atoms with Crippen molar-refractivity contribution in [2.75, 3.05) is 13.7 Å². The minimum Gasteiger partial charge on any atom is -0.377 e. The Kier molecular flexibility index (Phi) is 3.38. The number of hydrogen-bond acceptors (Lipinski definition) is 2. The predicted octanol–water partition coefficient (Wildman–Crippen LogP) is 4.12. The van der Waals surface area contributed by atoms with Gasteiger partial charge in [-0.2, -0.15) is 0 Å². The Morgan fingerprint density at radius 1 is 1.50 bits per heavy atom. The summed E-state index contributed by atoms with van der Waals surface area (Å²) in [5.74, 6) is 1.28. The van der Waals surface area contributed by atoms with Crippen molar-refractivity contribution in [2.24, 2.45) is 17.3 Å². The summed E-state index contributed by atoms with van der Waals surface area (Å²) < 4.78 is 11.8. The van der Waals surface area contributed by atoms with Gasteiger partial charge < -0.3 is 9.47 Å². The highest BCUT2D eigenvalue weighted by atomic mass is 16.6. The van der Waals surface area contributed by atoms with E-state index >= 15 is 0 Å². The predicted molar refractivity (Wildman–Crippen MR) is 81.6 cm³/mol. The number of ether oxygens (including phenoxy) is 2. The third-order valence-electron chi connectivity index (χ3n) is 5.89. The summed E-state index contributed by atoms with van der Waals surface area (Å²) in [6.07, 6.45) is 7.28. The zero-order valence-electron chi connectivity index (χ0n) is 13.4. The van der Waals surface area contributed by atoms with Crippen LogP contribution < -0.4 is 0 Å². The molecule has 0 unspecified atom stereocenters. The van der Waals surface area contributed by atoms with Crippen LogP contribution in [0.5, 0.6) is 0 Å². The van der Waals surface area contributed by atoms with Crippen LogP contribution in [0.25, 0.3) is 0 Å². The SMILES string of the molecule is C=C1CC[C@]2(CO2)[C@@H]([C@@]2(C)C[C@@H]2CC=C(C)C)[C@@H]1OC. The molecule has 0 aromatic carbocycles. The molecule has 1 saturated heterocycles. The number of methoxy groups -OCH3 is 1. The lowest BCUT2D eigenvalue weighted by molar-refractivity contribution is -0.0207. The van der Waals surface area contributed by atoms with Gasteiger partial charge in [-0.15, -0.1) is 0 Å². The highest BCUT2D eigenvalue weighted by Gasteiger charge is 2.69. The van der Waals surface area contributed by atoms with Gasteiger partial charge in [0.05, 0.1) is 18.3 Å². The molecule has 0 aromatic rings. The van der Waals surface area contributed by atoms with E-state index in [1.807, 2.05) is 7.11 Å². The maximum atomic E-state index is 5.93. The van der Waals surface area contributed by atoms with E-state index in [1.54, 1.807) is 0 Å². The molecular weight excluding hydrogens is 248 g/mol. The van der Waals surface area contributed by atoms with Crippen molar-refractivity contribution in [1.29, 1.82) is 0 Å². The van der Waals surface area contributed by atoms with E-state index < -0.39 is 0 Å². The molecule has 3 fully saturated rings. The molecule has 2 saturated carbocycles. The second-order valence-corrected chi connectivity index (χ2v) is 7.57. The van der Waals surface area contributed by atoms with Gasteiger partial charge in [0.15, 0.2) is 0 Å². The number of allylic oxidation sites excluding steroid dienone is 2. The van der Waals surface area contributed by atoms with E-state index in [-0.39, 0.29) is 11.7 Å². The number of hydrogen-bond donors (Lipinski definition) is 0. The van der Waals surface area contributed by atoms with Gasteiger partial charge in [0.1, 0.15) is 0 Å². The normalized spacial score (nSPS) is 46.4. The molecule has 2 aliphatic carbocycles. The number of epoxide rings is 1. The van der Waals surface area contributed by atoms with Crippen molar-refractivity contribution in [3.63, 3.8) is 0 Å². The maximum absolute atomic E-state index is 5.93. The molecule has 20 heavy (non-hydrogen) atoms. The van der Waals surface area contributed by atoms with Crippen LogP contribution in [0.15, 0.2) is 23.8 Å². The average molecular weight is 276 g/mol. The minimum absolute atomic E-state index is 0.107. The monoisotopic (exact) mass is 276 g/mol. The Morgan fingerprint density at radius 3 is 2.75 bits per heavy atom. The van der Waals surface area contributed by atoms with Crippen LogP contribution >= 0.6 is 0 Å². The molecule has 0 N–H and O–H groups in total. The van der Waals surface area contributed by atoms with Crippen molar-refractivity contribution >= 4 is 0 Å². The van der Waals surface area contributed by atoms with Gasteiger partial charge in [0.2, 0.25) is 0 Å². The third kappa shape index (κ3) is 2.17. The van der Waals surface area contributed by atoms with Crippen LogP contribution in [-0.4, -0.2) is 25.4 Å². The van der Waals surface area contributed by atoms with Crippen LogP contribution in [0.3, 0.4) is 0 Å². The second-order valence-electron chi connectivity index (χ2n) is 7.57. The fraction of sp³-hybridized carbons (Fsp3) is 0.778. The van der Waals surface area contributed by atoms with E-state index in [1.165, 1.54) is 24.0 Å². The molecule has 0 aromatic heterocycles. The highest BCUT2D eigenvalue weighted by Crippen LogP contribution is 2.68. The van der Waals surface area contributed by atoms with E-state index in [9.17, 15) is 0 Å². The highest BCUT2D eigenvalue weighted by molar-refractivity contribution is 5.25. The second kappa shape index (κ2) is 4.71. The Labute approximate surface area is 123 Å².